The summed E-state index contributed by atoms with van der Waals surface area (Å²) < 4.78 is 9.04. The maximum absolute atomic E-state index is 10.2. The molecule has 0 aliphatic rings. The van der Waals surface area contributed by atoms with Gasteiger partial charge in [0.25, 0.3) is 0 Å². The smallest absolute Gasteiger partial charge is 0.320 e. The monoisotopic (exact) mass is 971 g/mol. The Bertz CT molecular complexity index is 1300. The minimum Gasteiger partial charge on any atom is -0.465 e. The van der Waals surface area contributed by atoms with Crippen LogP contribution in [0.4, 0.5) is 0 Å². The Kier molecular flexibility index (Phi) is 39.3. The Labute approximate surface area is 340 Å². The maximum atomic E-state index is 10.2. The topological polar surface area (TPSA) is 103 Å². The zero-order chi connectivity index (χ0) is 39.6. The average molecular weight is 971 g/mol. The summed E-state index contributed by atoms with van der Waals surface area (Å²) in [6.45, 7) is 22.7. The number of aliphatic hydroxyl groups excluding tert-OH is 1. The number of ether oxygens (including phenoxy) is 2. The number of carbonyl (C=O) groups is 1. The van der Waals surface area contributed by atoms with E-state index in [1.165, 1.54) is 21.2 Å². The molecule has 0 bridgehead atoms. The van der Waals surface area contributed by atoms with Gasteiger partial charge in [0.15, 0.2) is 6.29 Å². The standard InChI is InChI=1S/4C8H11P.C5H9NO2.C5H7NO2.Re/c4*1-9(2)8-6-4-3-5-7-8;2*1-2-8-5(7)3-4-6;/h4*3-7H,1-2H3;5,7H,2-3H2,1H3;2-3H2,1H3;/p+4. The zero-order valence-corrected chi connectivity index (χ0v) is 40.1. The van der Waals surface area contributed by atoms with Crippen molar-refractivity contribution in [3.63, 3.8) is 0 Å². The normalized spacial score (nSPS) is 9.91. The van der Waals surface area contributed by atoms with Gasteiger partial charge in [-0.2, -0.15) is 10.5 Å². The second-order valence-corrected chi connectivity index (χ2v) is 22.2. The fourth-order valence-electron chi connectivity index (χ4n) is 3.69. The second kappa shape index (κ2) is 37.9. The van der Waals surface area contributed by atoms with Gasteiger partial charge in [-0.25, -0.2) is 0 Å². The molecule has 0 aliphatic heterocycles. The molecule has 53 heavy (non-hydrogen) atoms. The number of carbonyl (C=O) groups excluding carboxylic acids is 1. The van der Waals surface area contributed by atoms with E-state index < -0.39 is 12.3 Å². The van der Waals surface area contributed by atoms with Gasteiger partial charge in [0, 0.05) is 58.7 Å². The fourth-order valence-corrected chi connectivity index (χ4v) is 7.13. The molecule has 1 atom stereocenters. The predicted molar refractivity (Wildman–Crippen MR) is 240 cm³/mol. The molecule has 0 aliphatic carbocycles. The number of nitriles is 2. The van der Waals surface area contributed by atoms with Crippen LogP contribution in [-0.4, -0.2) is 83.9 Å². The molecule has 0 amide bonds. The van der Waals surface area contributed by atoms with Gasteiger partial charge < -0.3 is 14.6 Å². The predicted octanol–water partition coefficient (Wildman–Crippen LogP) is 7.86. The van der Waals surface area contributed by atoms with Crippen molar-refractivity contribution in [3.8, 4) is 12.1 Å². The van der Waals surface area contributed by atoms with Crippen LogP contribution in [0.15, 0.2) is 121 Å². The summed E-state index contributed by atoms with van der Waals surface area (Å²) in [6, 6.07) is 46.2. The summed E-state index contributed by atoms with van der Waals surface area (Å²) >= 11 is 0. The number of aliphatic hydroxyl groups is 1. The first kappa shape index (κ1) is 55.0. The molecular weight excluding hydrogens is 907 g/mol. The Morgan fingerprint density at radius 2 is 0.849 bits per heavy atom. The van der Waals surface area contributed by atoms with E-state index >= 15 is 0 Å². The van der Waals surface area contributed by atoms with Gasteiger partial charge in [-0.3, -0.25) is 4.79 Å². The molecule has 1 unspecified atom stereocenters. The van der Waals surface area contributed by atoms with Crippen molar-refractivity contribution in [3.05, 3.63) is 121 Å². The quantitative estimate of drug-likeness (QED) is 0.104. The van der Waals surface area contributed by atoms with Crippen LogP contribution in [0.3, 0.4) is 0 Å². The van der Waals surface area contributed by atoms with Gasteiger partial charge in [0.2, 0.25) is 0 Å². The molecule has 1 N–H and O–H groups in total. The summed E-state index contributed by atoms with van der Waals surface area (Å²) in [5.74, 6) is -0.449. The van der Waals surface area contributed by atoms with Crippen LogP contribution >= 0.6 is 31.7 Å². The molecule has 4 aromatic carbocycles. The van der Waals surface area contributed by atoms with Crippen molar-refractivity contribution in [2.75, 3.05) is 66.5 Å². The third-order valence-electron chi connectivity index (χ3n) is 6.56. The van der Waals surface area contributed by atoms with Crippen LogP contribution in [0.2, 0.25) is 0 Å². The molecule has 0 saturated heterocycles. The second-order valence-electron chi connectivity index (χ2n) is 11.9. The average Bonchev–Trinajstić information content (AvgIpc) is 3.15. The third-order valence-corrected chi connectivity index (χ3v) is 12.5. The third kappa shape index (κ3) is 33.9. The number of hydrogen-bond donors (Lipinski definition) is 1. The molecule has 0 spiro atoms. The summed E-state index contributed by atoms with van der Waals surface area (Å²) in [7, 11) is -0.849. The SMILES string of the molecule is CCOC(=O)CC#N.CCOC(O)CC#N.C[PH+](C)c1ccccc1.C[PH+](C)c1ccccc1.C[PH+](C)c1ccccc1.C[PH+](C)c1ccccc1.[Re]. The van der Waals surface area contributed by atoms with Gasteiger partial charge in [-0.15, -0.1) is 0 Å². The molecule has 0 aromatic heterocycles. The van der Waals surface area contributed by atoms with Crippen LogP contribution in [-0.2, 0) is 34.7 Å². The van der Waals surface area contributed by atoms with E-state index in [4.69, 9.17) is 15.6 Å². The van der Waals surface area contributed by atoms with E-state index in [9.17, 15) is 4.79 Å². The molecule has 0 fully saturated rings. The molecule has 11 heteroatoms. The van der Waals surface area contributed by atoms with Crippen molar-refractivity contribution in [1.82, 2.24) is 0 Å². The van der Waals surface area contributed by atoms with Crippen molar-refractivity contribution in [2.45, 2.75) is 33.0 Å². The van der Waals surface area contributed by atoms with Gasteiger partial charge in [-0.1, -0.05) is 72.8 Å². The Morgan fingerprint density at radius 3 is 1.02 bits per heavy atom. The van der Waals surface area contributed by atoms with Crippen LogP contribution in [0.5, 0.6) is 0 Å². The van der Waals surface area contributed by atoms with Crippen LogP contribution in [0.1, 0.15) is 26.7 Å². The molecule has 6 nitrogen and oxygen atoms in total. The molecule has 0 heterocycles. The first-order valence-electron chi connectivity index (χ1n) is 17.5. The number of hydrogen-bond acceptors (Lipinski definition) is 6. The van der Waals surface area contributed by atoms with Crippen molar-refractivity contribution in [2.24, 2.45) is 0 Å². The molecule has 0 saturated carbocycles. The molecule has 4 rings (SSSR count). The molecule has 289 valence electrons. The van der Waals surface area contributed by atoms with E-state index in [0.717, 1.165) is 0 Å². The van der Waals surface area contributed by atoms with E-state index in [1.54, 1.807) is 26.0 Å². The number of benzene rings is 4. The summed E-state index contributed by atoms with van der Waals surface area (Å²) in [4.78, 5) is 10.2. The molecular formula is C42H64N2O4P4Re+4. The summed E-state index contributed by atoms with van der Waals surface area (Å²) in [5.41, 5.74) is 0. The van der Waals surface area contributed by atoms with Crippen LogP contribution in [0, 0.1) is 22.7 Å². The van der Waals surface area contributed by atoms with E-state index in [2.05, 4.69) is 184 Å². The van der Waals surface area contributed by atoms with Crippen LogP contribution < -0.4 is 21.2 Å². The van der Waals surface area contributed by atoms with Crippen LogP contribution in [0.25, 0.3) is 0 Å². The Hall–Kier alpha value is -2.37. The number of nitrogens with zero attached hydrogens (tertiary/aromatic N) is 2. The van der Waals surface area contributed by atoms with E-state index in [1.807, 2.05) is 0 Å². The minimum atomic E-state index is -0.898. The van der Waals surface area contributed by atoms with Crippen molar-refractivity contribution < 1.29 is 39.8 Å². The first-order chi connectivity index (χ1) is 24.8. The largest absolute Gasteiger partial charge is 0.465 e. The maximum Gasteiger partial charge on any atom is 0.320 e. The van der Waals surface area contributed by atoms with E-state index in [-0.39, 0.29) is 65.0 Å². The number of esters is 1. The van der Waals surface area contributed by atoms with Gasteiger partial charge >= 0.3 is 5.97 Å². The van der Waals surface area contributed by atoms with Gasteiger partial charge in [0.05, 0.1) is 99.7 Å². The zero-order valence-electron chi connectivity index (χ0n) is 33.4. The number of rotatable bonds is 9. The van der Waals surface area contributed by atoms with Gasteiger partial charge in [0.1, 0.15) is 6.42 Å². The van der Waals surface area contributed by atoms with Gasteiger partial charge in [-0.05, 0) is 62.4 Å². The Balaban J connectivity index is -0.000000565. The van der Waals surface area contributed by atoms with Crippen molar-refractivity contribution >= 4 is 58.9 Å². The van der Waals surface area contributed by atoms with Crippen molar-refractivity contribution in [1.29, 1.82) is 10.5 Å². The summed E-state index contributed by atoms with van der Waals surface area (Å²) in [5, 5.41) is 30.6. The Morgan fingerprint density at radius 1 is 0.566 bits per heavy atom. The fraction of sp³-hybridized carbons (Fsp3) is 0.357. The minimum absolute atomic E-state index is 0. The first-order valence-corrected chi connectivity index (χ1v) is 27.5. The van der Waals surface area contributed by atoms with E-state index in [0.29, 0.717) is 13.2 Å². The summed E-state index contributed by atoms with van der Waals surface area (Å²) in [6.07, 6.45) is -0.994. The molecule has 4 aromatic rings. The molecule has 1 radical (unpaired) electrons.